The van der Waals surface area contributed by atoms with Gasteiger partial charge in [0.25, 0.3) is 0 Å². The SMILES string of the molecule is Cc1ccc2c(c1)C(C(=O)NCCO)CNC2. The molecule has 1 aliphatic rings. The second-order valence-corrected chi connectivity index (χ2v) is 4.40. The Labute approximate surface area is 101 Å². The van der Waals surface area contributed by atoms with Crippen molar-refractivity contribution in [1.29, 1.82) is 0 Å². The number of benzene rings is 1. The fourth-order valence-electron chi connectivity index (χ4n) is 2.20. The van der Waals surface area contributed by atoms with Gasteiger partial charge in [-0.3, -0.25) is 4.79 Å². The molecule has 1 aliphatic heterocycles. The third-order valence-corrected chi connectivity index (χ3v) is 3.07. The van der Waals surface area contributed by atoms with E-state index in [-0.39, 0.29) is 18.4 Å². The minimum atomic E-state index is -0.148. The quantitative estimate of drug-likeness (QED) is 0.704. The van der Waals surface area contributed by atoms with Crippen LogP contribution in [0.15, 0.2) is 18.2 Å². The van der Waals surface area contributed by atoms with Crippen LogP contribution >= 0.6 is 0 Å². The second kappa shape index (κ2) is 5.29. The van der Waals surface area contributed by atoms with Gasteiger partial charge in [0.1, 0.15) is 0 Å². The van der Waals surface area contributed by atoms with E-state index in [0.29, 0.717) is 13.1 Å². The predicted octanol–water partition coefficient (Wildman–Crippen LogP) is 0.290. The van der Waals surface area contributed by atoms with Crippen LogP contribution in [0.1, 0.15) is 22.6 Å². The molecule has 17 heavy (non-hydrogen) atoms. The maximum absolute atomic E-state index is 12.0. The van der Waals surface area contributed by atoms with E-state index in [1.807, 2.05) is 6.92 Å². The monoisotopic (exact) mass is 234 g/mol. The number of carbonyl (C=O) groups is 1. The summed E-state index contributed by atoms with van der Waals surface area (Å²) in [5.74, 6) is -0.164. The van der Waals surface area contributed by atoms with Crippen LogP contribution in [0.5, 0.6) is 0 Å². The van der Waals surface area contributed by atoms with Crippen molar-refractivity contribution >= 4 is 5.91 Å². The van der Waals surface area contributed by atoms with Crippen molar-refractivity contribution < 1.29 is 9.90 Å². The topological polar surface area (TPSA) is 61.4 Å². The van der Waals surface area contributed by atoms with Gasteiger partial charge in [-0.1, -0.05) is 23.8 Å². The van der Waals surface area contributed by atoms with Crippen molar-refractivity contribution in [2.45, 2.75) is 19.4 Å². The van der Waals surface area contributed by atoms with Crippen LogP contribution in [-0.4, -0.2) is 30.7 Å². The molecule has 0 saturated heterocycles. The summed E-state index contributed by atoms with van der Waals surface area (Å²) in [5.41, 5.74) is 3.47. The van der Waals surface area contributed by atoms with Gasteiger partial charge in [-0.25, -0.2) is 0 Å². The van der Waals surface area contributed by atoms with Gasteiger partial charge in [0.15, 0.2) is 0 Å². The number of aliphatic hydroxyl groups excluding tert-OH is 1. The third-order valence-electron chi connectivity index (χ3n) is 3.07. The molecule has 4 nitrogen and oxygen atoms in total. The van der Waals surface area contributed by atoms with E-state index in [1.54, 1.807) is 0 Å². The lowest BCUT2D eigenvalue weighted by atomic mass is 9.89. The molecule has 4 heteroatoms. The summed E-state index contributed by atoms with van der Waals surface area (Å²) in [6, 6.07) is 6.22. The second-order valence-electron chi connectivity index (χ2n) is 4.40. The van der Waals surface area contributed by atoms with E-state index in [0.717, 1.165) is 12.1 Å². The molecule has 1 unspecified atom stereocenters. The minimum absolute atomic E-state index is 0.0156. The van der Waals surface area contributed by atoms with Gasteiger partial charge in [0.05, 0.1) is 12.5 Å². The number of amides is 1. The zero-order valence-electron chi connectivity index (χ0n) is 9.99. The van der Waals surface area contributed by atoms with E-state index in [9.17, 15) is 4.79 Å². The first-order chi connectivity index (χ1) is 8.22. The molecule has 3 N–H and O–H groups in total. The Morgan fingerprint density at radius 2 is 2.41 bits per heavy atom. The van der Waals surface area contributed by atoms with E-state index in [1.165, 1.54) is 11.1 Å². The number of aliphatic hydroxyl groups is 1. The van der Waals surface area contributed by atoms with Gasteiger partial charge in [-0.2, -0.15) is 0 Å². The van der Waals surface area contributed by atoms with E-state index >= 15 is 0 Å². The smallest absolute Gasteiger partial charge is 0.228 e. The number of aryl methyl sites for hydroxylation is 1. The highest BCUT2D eigenvalue weighted by Gasteiger charge is 2.25. The third kappa shape index (κ3) is 2.65. The highest BCUT2D eigenvalue weighted by molar-refractivity contribution is 5.84. The number of hydrogen-bond acceptors (Lipinski definition) is 3. The fraction of sp³-hybridized carbons (Fsp3) is 0.462. The highest BCUT2D eigenvalue weighted by atomic mass is 16.3. The zero-order valence-corrected chi connectivity index (χ0v) is 9.99. The van der Waals surface area contributed by atoms with Gasteiger partial charge in [-0.05, 0) is 18.1 Å². The molecule has 0 aromatic heterocycles. The normalized spacial score (nSPS) is 18.6. The van der Waals surface area contributed by atoms with Crippen LogP contribution < -0.4 is 10.6 Å². The molecule has 1 aromatic carbocycles. The van der Waals surface area contributed by atoms with Gasteiger partial charge < -0.3 is 15.7 Å². The standard InChI is InChI=1S/C13H18N2O2/c1-9-2-3-10-7-14-8-12(11(10)6-9)13(17)15-4-5-16/h2-3,6,12,14,16H,4-5,7-8H2,1H3,(H,15,17). The van der Waals surface area contributed by atoms with Crippen LogP contribution in [0.2, 0.25) is 0 Å². The molecular formula is C13H18N2O2. The lowest BCUT2D eigenvalue weighted by Crippen LogP contribution is -2.39. The van der Waals surface area contributed by atoms with Gasteiger partial charge in [0.2, 0.25) is 5.91 Å². The van der Waals surface area contributed by atoms with Gasteiger partial charge >= 0.3 is 0 Å². The first-order valence-electron chi connectivity index (χ1n) is 5.91. The van der Waals surface area contributed by atoms with Crippen LogP contribution in [-0.2, 0) is 11.3 Å². The van der Waals surface area contributed by atoms with Crippen molar-refractivity contribution in [3.63, 3.8) is 0 Å². The Morgan fingerprint density at radius 3 is 3.18 bits per heavy atom. The Bertz CT molecular complexity index is 418. The first kappa shape index (κ1) is 12.1. The number of hydrogen-bond donors (Lipinski definition) is 3. The molecule has 1 amide bonds. The van der Waals surface area contributed by atoms with Crippen LogP contribution in [0.3, 0.4) is 0 Å². The number of fused-ring (bicyclic) bond motifs is 1. The first-order valence-corrected chi connectivity index (χ1v) is 5.91. The van der Waals surface area contributed by atoms with Crippen molar-refractivity contribution in [3.05, 3.63) is 34.9 Å². The van der Waals surface area contributed by atoms with Gasteiger partial charge in [-0.15, -0.1) is 0 Å². The Balaban J connectivity index is 2.21. The predicted molar refractivity (Wildman–Crippen MR) is 65.7 cm³/mol. The molecule has 1 heterocycles. The van der Waals surface area contributed by atoms with Crippen molar-refractivity contribution in [3.8, 4) is 0 Å². The lowest BCUT2D eigenvalue weighted by molar-refractivity contribution is -0.122. The molecule has 1 aromatic rings. The molecule has 0 radical (unpaired) electrons. The summed E-state index contributed by atoms with van der Waals surface area (Å²) in [6.07, 6.45) is 0. The van der Waals surface area contributed by atoms with Crippen LogP contribution in [0.4, 0.5) is 0 Å². The fourth-order valence-corrected chi connectivity index (χ4v) is 2.20. The van der Waals surface area contributed by atoms with Crippen molar-refractivity contribution in [2.75, 3.05) is 19.7 Å². The molecule has 0 aliphatic carbocycles. The summed E-state index contributed by atoms with van der Waals surface area (Å²) in [5, 5.41) is 14.7. The maximum atomic E-state index is 12.0. The Kier molecular flexibility index (Phi) is 3.76. The summed E-state index contributed by atoms with van der Waals surface area (Å²) >= 11 is 0. The summed E-state index contributed by atoms with van der Waals surface area (Å²) in [6.45, 7) is 3.81. The largest absolute Gasteiger partial charge is 0.395 e. The summed E-state index contributed by atoms with van der Waals surface area (Å²) in [4.78, 5) is 12.0. The maximum Gasteiger partial charge on any atom is 0.228 e. The molecule has 0 saturated carbocycles. The van der Waals surface area contributed by atoms with E-state index < -0.39 is 0 Å². The van der Waals surface area contributed by atoms with E-state index in [4.69, 9.17) is 5.11 Å². The Morgan fingerprint density at radius 1 is 1.59 bits per heavy atom. The number of rotatable bonds is 3. The average molecular weight is 234 g/mol. The Hall–Kier alpha value is -1.39. The highest BCUT2D eigenvalue weighted by Crippen LogP contribution is 2.25. The van der Waals surface area contributed by atoms with Crippen LogP contribution in [0, 0.1) is 6.92 Å². The molecule has 1 atom stereocenters. The summed E-state index contributed by atoms with van der Waals surface area (Å²) < 4.78 is 0. The molecule has 92 valence electrons. The van der Waals surface area contributed by atoms with E-state index in [2.05, 4.69) is 28.8 Å². The molecular weight excluding hydrogens is 216 g/mol. The van der Waals surface area contributed by atoms with Crippen molar-refractivity contribution in [2.24, 2.45) is 0 Å². The molecule has 0 fully saturated rings. The summed E-state index contributed by atoms with van der Waals surface area (Å²) in [7, 11) is 0. The van der Waals surface area contributed by atoms with Gasteiger partial charge in [0, 0.05) is 19.6 Å². The lowest BCUT2D eigenvalue weighted by Gasteiger charge is -2.26. The zero-order chi connectivity index (χ0) is 12.3. The molecule has 0 bridgehead atoms. The number of nitrogens with one attached hydrogen (secondary N) is 2. The number of carbonyl (C=O) groups excluding carboxylic acids is 1. The van der Waals surface area contributed by atoms with Crippen molar-refractivity contribution in [1.82, 2.24) is 10.6 Å². The van der Waals surface area contributed by atoms with Crippen LogP contribution in [0.25, 0.3) is 0 Å². The molecule has 2 rings (SSSR count). The molecule has 0 spiro atoms. The minimum Gasteiger partial charge on any atom is -0.395 e. The average Bonchev–Trinajstić information content (AvgIpc) is 2.35.